The number of allylic oxidation sites excluding steroid dienone is 1. The molecule has 2 unspecified atom stereocenters. The van der Waals surface area contributed by atoms with E-state index in [4.69, 9.17) is 14.2 Å². The third-order valence-corrected chi connectivity index (χ3v) is 6.75. The first-order chi connectivity index (χ1) is 17.0. The molecule has 0 bridgehead atoms. The number of ether oxygens (including phenoxy) is 3. The fraction of sp³-hybridized carbons (Fsp3) is 0.250. The maximum Gasteiger partial charge on any atom is 0.163 e. The summed E-state index contributed by atoms with van der Waals surface area (Å²) in [5.41, 5.74) is 4.66. The number of rotatable bonds is 5. The zero-order valence-corrected chi connectivity index (χ0v) is 19.9. The summed E-state index contributed by atoms with van der Waals surface area (Å²) in [6.07, 6.45) is 0.908. The molecule has 0 saturated carbocycles. The maximum absolute atomic E-state index is 13.8. The van der Waals surface area contributed by atoms with E-state index in [9.17, 15) is 9.90 Å². The number of phenolic OH excluding ortho intramolecular Hbond substituents is 1. The Morgan fingerprint density at radius 3 is 2.34 bits per heavy atom. The van der Waals surface area contributed by atoms with Crippen molar-refractivity contribution in [3.63, 3.8) is 0 Å². The van der Waals surface area contributed by atoms with Crippen LogP contribution >= 0.6 is 0 Å². The predicted molar refractivity (Wildman–Crippen MR) is 135 cm³/mol. The number of carbonyl (C=O) groups is 1. The van der Waals surface area contributed by atoms with E-state index >= 15 is 0 Å². The fourth-order valence-electron chi connectivity index (χ4n) is 5.04. The molecule has 180 valence electrons. The third kappa shape index (κ3) is 4.03. The molecule has 3 aromatic carbocycles. The van der Waals surface area contributed by atoms with Gasteiger partial charge in [-0.2, -0.15) is 0 Å². The van der Waals surface area contributed by atoms with Crippen molar-refractivity contribution < 1.29 is 24.1 Å². The molecule has 0 spiro atoms. The summed E-state index contributed by atoms with van der Waals surface area (Å²) in [4.78, 5) is 13.8. The van der Waals surface area contributed by atoms with Crippen LogP contribution < -0.4 is 24.8 Å². The summed E-state index contributed by atoms with van der Waals surface area (Å²) in [5, 5.41) is 18.0. The van der Waals surface area contributed by atoms with Crippen molar-refractivity contribution in [2.75, 3.05) is 32.0 Å². The van der Waals surface area contributed by atoms with Crippen LogP contribution in [0, 0.1) is 0 Å². The van der Waals surface area contributed by atoms with Gasteiger partial charge in [-0.3, -0.25) is 4.79 Å². The van der Waals surface area contributed by atoms with Crippen LogP contribution in [0.1, 0.15) is 35.9 Å². The van der Waals surface area contributed by atoms with Crippen molar-refractivity contribution in [3.8, 4) is 23.0 Å². The number of methoxy groups -OCH3 is 3. The molecule has 0 saturated heterocycles. The van der Waals surface area contributed by atoms with Gasteiger partial charge in [0.25, 0.3) is 0 Å². The first-order valence-corrected chi connectivity index (χ1v) is 11.5. The average molecular weight is 473 g/mol. The zero-order valence-electron chi connectivity index (χ0n) is 19.9. The van der Waals surface area contributed by atoms with Gasteiger partial charge in [-0.15, -0.1) is 0 Å². The number of hydrogen-bond acceptors (Lipinski definition) is 7. The van der Waals surface area contributed by atoms with Crippen molar-refractivity contribution in [2.45, 2.75) is 24.8 Å². The highest BCUT2D eigenvalue weighted by molar-refractivity contribution is 6.01. The van der Waals surface area contributed by atoms with E-state index in [1.54, 1.807) is 20.3 Å². The Labute approximate surface area is 204 Å². The Hall–Kier alpha value is -4.13. The molecule has 0 aromatic heterocycles. The van der Waals surface area contributed by atoms with Crippen molar-refractivity contribution in [1.29, 1.82) is 0 Å². The van der Waals surface area contributed by atoms with Crippen LogP contribution in [0.4, 0.5) is 11.4 Å². The number of para-hydroxylation sites is 3. The normalized spacial score (nSPS) is 19.0. The minimum absolute atomic E-state index is 0.00106. The Balaban J connectivity index is 1.64. The number of phenols is 1. The van der Waals surface area contributed by atoms with Gasteiger partial charge in [0.1, 0.15) is 11.5 Å². The molecule has 5 rings (SSSR count). The number of benzene rings is 3. The summed E-state index contributed by atoms with van der Waals surface area (Å²) >= 11 is 0. The fourth-order valence-corrected chi connectivity index (χ4v) is 5.04. The molecule has 3 aromatic rings. The number of anilines is 2. The highest BCUT2D eigenvalue weighted by atomic mass is 16.5. The second kappa shape index (κ2) is 9.25. The van der Waals surface area contributed by atoms with E-state index in [1.807, 2.05) is 54.6 Å². The lowest BCUT2D eigenvalue weighted by Crippen LogP contribution is -2.27. The molecule has 0 amide bonds. The largest absolute Gasteiger partial charge is 0.504 e. The van der Waals surface area contributed by atoms with Gasteiger partial charge in [-0.05, 0) is 42.8 Å². The van der Waals surface area contributed by atoms with Gasteiger partial charge in [-0.1, -0.05) is 24.3 Å². The lowest BCUT2D eigenvalue weighted by Gasteiger charge is -2.31. The first kappa shape index (κ1) is 22.7. The van der Waals surface area contributed by atoms with E-state index in [0.717, 1.165) is 28.4 Å². The van der Waals surface area contributed by atoms with E-state index < -0.39 is 6.04 Å². The minimum atomic E-state index is -0.545. The number of carbonyl (C=O) groups excluding carboxylic acids is 1. The van der Waals surface area contributed by atoms with E-state index in [-0.39, 0.29) is 17.5 Å². The number of nitrogens with one attached hydrogen (secondary N) is 2. The molecular formula is C28H28N2O5. The molecule has 0 fully saturated rings. The van der Waals surface area contributed by atoms with Crippen LogP contribution in [-0.2, 0) is 4.79 Å². The quantitative estimate of drug-likeness (QED) is 0.458. The van der Waals surface area contributed by atoms with E-state index in [0.29, 0.717) is 35.5 Å². The Morgan fingerprint density at radius 1 is 0.829 bits per heavy atom. The average Bonchev–Trinajstić information content (AvgIpc) is 3.05. The van der Waals surface area contributed by atoms with Gasteiger partial charge in [0.2, 0.25) is 0 Å². The van der Waals surface area contributed by atoms with Crippen molar-refractivity contribution >= 4 is 17.2 Å². The lowest BCUT2D eigenvalue weighted by atomic mass is 9.78. The number of fused-ring (bicyclic) bond motifs is 1. The Bertz CT molecular complexity index is 1320. The summed E-state index contributed by atoms with van der Waals surface area (Å²) in [7, 11) is 4.77. The van der Waals surface area contributed by atoms with Gasteiger partial charge < -0.3 is 30.0 Å². The first-order valence-electron chi connectivity index (χ1n) is 11.5. The molecule has 35 heavy (non-hydrogen) atoms. The molecule has 1 aliphatic carbocycles. The molecule has 7 heteroatoms. The molecule has 1 heterocycles. The molecule has 2 atom stereocenters. The SMILES string of the molecule is COc1ccc(OC)c(C2CC(=O)C3=C(C2)Nc2ccccc2NC3c2cccc(OC)c2O)c1. The lowest BCUT2D eigenvalue weighted by molar-refractivity contribution is -0.116. The summed E-state index contributed by atoms with van der Waals surface area (Å²) in [5.74, 6) is 1.72. The predicted octanol–water partition coefficient (Wildman–Crippen LogP) is 5.40. The van der Waals surface area contributed by atoms with Crippen LogP contribution in [0.2, 0.25) is 0 Å². The third-order valence-electron chi connectivity index (χ3n) is 6.75. The van der Waals surface area contributed by atoms with Crippen LogP contribution in [0.5, 0.6) is 23.0 Å². The standard InChI is InChI=1S/C28H28N2O5/c1-33-17-11-12-24(34-2)19(15-17)16-13-22-26(23(31)14-16)27(18-7-6-10-25(35-3)28(18)32)30-21-9-5-4-8-20(21)29-22/h4-12,15-16,27,29-30,32H,13-14H2,1-3H3. The highest BCUT2D eigenvalue weighted by Crippen LogP contribution is 2.48. The minimum Gasteiger partial charge on any atom is -0.504 e. The number of ketones is 1. The van der Waals surface area contributed by atoms with E-state index in [1.165, 1.54) is 7.11 Å². The van der Waals surface area contributed by atoms with E-state index in [2.05, 4.69) is 10.6 Å². The van der Waals surface area contributed by atoms with Crippen LogP contribution in [0.15, 0.2) is 71.9 Å². The van der Waals surface area contributed by atoms with Crippen LogP contribution in [0.25, 0.3) is 0 Å². The molecule has 1 aliphatic heterocycles. The molecule has 7 nitrogen and oxygen atoms in total. The van der Waals surface area contributed by atoms with Gasteiger partial charge >= 0.3 is 0 Å². The number of Topliss-reactive ketones (excluding diaryl/α,β-unsaturated/α-hetero) is 1. The smallest absolute Gasteiger partial charge is 0.163 e. The molecule has 0 radical (unpaired) electrons. The molecular weight excluding hydrogens is 444 g/mol. The van der Waals surface area contributed by atoms with Gasteiger partial charge in [0, 0.05) is 34.7 Å². The highest BCUT2D eigenvalue weighted by Gasteiger charge is 2.38. The van der Waals surface area contributed by atoms with Crippen LogP contribution in [0.3, 0.4) is 0 Å². The van der Waals surface area contributed by atoms with Gasteiger partial charge in [0.05, 0.1) is 38.7 Å². The summed E-state index contributed by atoms with van der Waals surface area (Å²) < 4.78 is 16.4. The monoisotopic (exact) mass is 472 g/mol. The molecule has 3 N–H and O–H groups in total. The summed E-state index contributed by atoms with van der Waals surface area (Å²) in [6, 6.07) is 18.3. The zero-order chi connectivity index (χ0) is 24.5. The Morgan fingerprint density at radius 2 is 1.60 bits per heavy atom. The second-order valence-electron chi connectivity index (χ2n) is 8.67. The molecule has 2 aliphatic rings. The van der Waals surface area contributed by atoms with Gasteiger partial charge in [-0.25, -0.2) is 0 Å². The van der Waals surface area contributed by atoms with Crippen molar-refractivity contribution in [2.24, 2.45) is 0 Å². The number of aromatic hydroxyl groups is 1. The maximum atomic E-state index is 13.8. The second-order valence-corrected chi connectivity index (χ2v) is 8.67. The number of hydrogen-bond donors (Lipinski definition) is 3. The Kier molecular flexibility index (Phi) is 5.99. The topological polar surface area (TPSA) is 89.1 Å². The van der Waals surface area contributed by atoms with Crippen LogP contribution in [-0.4, -0.2) is 32.2 Å². The van der Waals surface area contributed by atoms with Gasteiger partial charge in [0.15, 0.2) is 17.3 Å². The van der Waals surface area contributed by atoms with Crippen molar-refractivity contribution in [3.05, 3.63) is 83.1 Å². The summed E-state index contributed by atoms with van der Waals surface area (Å²) in [6.45, 7) is 0. The van der Waals surface area contributed by atoms with Crippen molar-refractivity contribution in [1.82, 2.24) is 0 Å².